The molecule has 26 heavy (non-hydrogen) atoms. The molecule has 1 aromatic heterocycles. The van der Waals surface area contributed by atoms with Crippen LogP contribution in [0.25, 0.3) is 0 Å². The SMILES string of the molecule is C=CCNC(=S)Nc1nc(N2CCCCC2)cc(N2CCCC[C@H]2C)n1. The highest BCUT2D eigenvalue weighted by molar-refractivity contribution is 7.80. The summed E-state index contributed by atoms with van der Waals surface area (Å²) in [6, 6.07) is 2.66. The minimum atomic E-state index is 0.506. The minimum Gasteiger partial charge on any atom is -0.359 e. The summed E-state index contributed by atoms with van der Waals surface area (Å²) < 4.78 is 0. The lowest BCUT2D eigenvalue weighted by Crippen LogP contribution is -2.39. The molecule has 2 aliphatic heterocycles. The van der Waals surface area contributed by atoms with Crippen molar-refractivity contribution in [3.8, 4) is 0 Å². The highest BCUT2D eigenvalue weighted by Gasteiger charge is 2.23. The summed E-state index contributed by atoms with van der Waals surface area (Å²) in [6.07, 6.45) is 9.25. The monoisotopic (exact) mass is 374 g/mol. The summed E-state index contributed by atoms with van der Waals surface area (Å²) in [5.41, 5.74) is 0. The third-order valence-electron chi connectivity index (χ3n) is 5.11. The number of nitrogens with one attached hydrogen (secondary N) is 2. The maximum Gasteiger partial charge on any atom is 0.232 e. The van der Waals surface area contributed by atoms with Crippen LogP contribution < -0.4 is 20.4 Å². The molecule has 142 valence electrons. The van der Waals surface area contributed by atoms with Crippen molar-refractivity contribution in [2.45, 2.75) is 51.5 Å². The zero-order valence-electron chi connectivity index (χ0n) is 15.7. The molecule has 0 spiro atoms. The van der Waals surface area contributed by atoms with Crippen molar-refractivity contribution in [3.05, 3.63) is 18.7 Å². The van der Waals surface area contributed by atoms with Crippen LogP contribution in [0, 0.1) is 0 Å². The van der Waals surface area contributed by atoms with Crippen LogP contribution in [0.1, 0.15) is 45.4 Å². The second kappa shape index (κ2) is 9.16. The van der Waals surface area contributed by atoms with E-state index in [0.717, 1.165) is 31.3 Å². The van der Waals surface area contributed by atoms with Gasteiger partial charge in [0.15, 0.2) is 5.11 Å². The fraction of sp³-hybridized carbons (Fsp3) is 0.632. The van der Waals surface area contributed by atoms with Gasteiger partial charge in [-0.15, -0.1) is 6.58 Å². The molecule has 1 atom stereocenters. The average Bonchev–Trinajstić information content (AvgIpc) is 2.67. The smallest absolute Gasteiger partial charge is 0.232 e. The topological polar surface area (TPSA) is 56.3 Å². The summed E-state index contributed by atoms with van der Waals surface area (Å²) >= 11 is 5.35. The Morgan fingerprint density at radius 1 is 1.19 bits per heavy atom. The van der Waals surface area contributed by atoms with E-state index in [2.05, 4.69) is 40.0 Å². The van der Waals surface area contributed by atoms with Crippen LogP contribution in [0.3, 0.4) is 0 Å². The standard InChI is InChI=1S/C19H30N6S/c1-3-10-20-19(26)23-18-21-16(24-11-6-4-7-12-24)14-17(22-18)25-13-8-5-9-15(25)2/h3,14-15H,1,4-13H2,2H3,(H2,20,21,22,23,26)/t15-/m1/s1. The van der Waals surface area contributed by atoms with Gasteiger partial charge in [0.1, 0.15) is 11.6 Å². The van der Waals surface area contributed by atoms with Gasteiger partial charge in [-0.1, -0.05) is 6.08 Å². The lowest BCUT2D eigenvalue weighted by Gasteiger charge is -2.35. The largest absolute Gasteiger partial charge is 0.359 e. The maximum atomic E-state index is 5.35. The van der Waals surface area contributed by atoms with Gasteiger partial charge < -0.3 is 20.4 Å². The number of thiocarbonyl (C=S) groups is 1. The molecule has 0 bridgehead atoms. The van der Waals surface area contributed by atoms with Gasteiger partial charge >= 0.3 is 0 Å². The van der Waals surface area contributed by atoms with Gasteiger partial charge in [0.05, 0.1) is 0 Å². The molecule has 0 unspecified atom stereocenters. The Labute approximate surface area is 162 Å². The van der Waals surface area contributed by atoms with E-state index in [1.54, 1.807) is 6.08 Å². The van der Waals surface area contributed by atoms with Crippen molar-refractivity contribution in [2.24, 2.45) is 0 Å². The fourth-order valence-corrected chi connectivity index (χ4v) is 3.83. The number of hydrogen-bond donors (Lipinski definition) is 2. The van der Waals surface area contributed by atoms with Crippen LogP contribution >= 0.6 is 12.2 Å². The predicted octanol–water partition coefficient (Wildman–Crippen LogP) is 3.32. The first-order valence-electron chi connectivity index (χ1n) is 9.74. The average molecular weight is 375 g/mol. The van der Waals surface area contributed by atoms with Gasteiger partial charge in [-0.2, -0.15) is 9.97 Å². The van der Waals surface area contributed by atoms with Crippen LogP contribution in [-0.4, -0.2) is 47.3 Å². The number of anilines is 3. The van der Waals surface area contributed by atoms with Gasteiger partial charge in [0.25, 0.3) is 0 Å². The molecule has 1 aromatic rings. The molecular weight excluding hydrogens is 344 g/mol. The first kappa shape index (κ1) is 18.9. The zero-order chi connectivity index (χ0) is 18.4. The Balaban J connectivity index is 1.85. The van der Waals surface area contributed by atoms with E-state index in [1.807, 2.05) is 0 Å². The molecule has 2 saturated heterocycles. The highest BCUT2D eigenvalue weighted by Crippen LogP contribution is 2.28. The molecule has 0 aliphatic carbocycles. The second-order valence-corrected chi connectivity index (χ2v) is 7.53. The summed E-state index contributed by atoms with van der Waals surface area (Å²) in [4.78, 5) is 14.3. The molecule has 2 aliphatic rings. The number of nitrogens with zero attached hydrogens (tertiary/aromatic N) is 4. The first-order valence-corrected chi connectivity index (χ1v) is 10.1. The molecule has 0 radical (unpaired) electrons. The normalized spacial score (nSPS) is 20.6. The van der Waals surface area contributed by atoms with Crippen molar-refractivity contribution in [2.75, 3.05) is 41.3 Å². The fourth-order valence-electron chi connectivity index (χ4n) is 3.66. The molecule has 6 nitrogen and oxygen atoms in total. The lowest BCUT2D eigenvalue weighted by molar-refractivity contribution is 0.481. The van der Waals surface area contributed by atoms with Crippen molar-refractivity contribution in [3.63, 3.8) is 0 Å². The Morgan fingerprint density at radius 3 is 2.65 bits per heavy atom. The predicted molar refractivity (Wildman–Crippen MR) is 113 cm³/mol. The number of aromatic nitrogens is 2. The molecule has 0 aromatic carbocycles. The van der Waals surface area contributed by atoms with Gasteiger partial charge in [-0.25, -0.2) is 0 Å². The minimum absolute atomic E-state index is 0.506. The van der Waals surface area contributed by atoms with Crippen molar-refractivity contribution < 1.29 is 0 Å². The van der Waals surface area contributed by atoms with E-state index >= 15 is 0 Å². The number of hydrogen-bond acceptors (Lipinski definition) is 5. The summed E-state index contributed by atoms with van der Waals surface area (Å²) in [5, 5.41) is 6.76. The lowest BCUT2D eigenvalue weighted by atomic mass is 10.0. The van der Waals surface area contributed by atoms with Crippen LogP contribution in [0.15, 0.2) is 18.7 Å². The van der Waals surface area contributed by atoms with E-state index in [-0.39, 0.29) is 0 Å². The van der Waals surface area contributed by atoms with Crippen LogP contribution in [0.4, 0.5) is 17.6 Å². The molecule has 2 fully saturated rings. The summed E-state index contributed by atoms with van der Waals surface area (Å²) in [6.45, 7) is 9.78. The Morgan fingerprint density at radius 2 is 1.92 bits per heavy atom. The highest BCUT2D eigenvalue weighted by atomic mass is 32.1. The third-order valence-corrected chi connectivity index (χ3v) is 5.36. The Kier molecular flexibility index (Phi) is 6.66. The van der Waals surface area contributed by atoms with E-state index in [4.69, 9.17) is 22.2 Å². The van der Waals surface area contributed by atoms with Crippen LogP contribution in [-0.2, 0) is 0 Å². The van der Waals surface area contributed by atoms with E-state index in [1.165, 1.54) is 38.5 Å². The van der Waals surface area contributed by atoms with Gasteiger partial charge in [0, 0.05) is 38.3 Å². The third kappa shape index (κ3) is 4.84. The van der Waals surface area contributed by atoms with Crippen molar-refractivity contribution in [1.29, 1.82) is 0 Å². The maximum absolute atomic E-state index is 5.35. The number of rotatable bonds is 5. The number of piperidine rings is 2. The van der Waals surface area contributed by atoms with Gasteiger partial charge in [0.2, 0.25) is 5.95 Å². The molecule has 7 heteroatoms. The Bertz CT molecular complexity index is 628. The van der Waals surface area contributed by atoms with Gasteiger partial charge in [-0.3, -0.25) is 0 Å². The zero-order valence-corrected chi connectivity index (χ0v) is 16.5. The molecule has 2 N–H and O–H groups in total. The first-order chi connectivity index (χ1) is 12.7. The summed E-state index contributed by atoms with van der Waals surface area (Å²) in [5.74, 6) is 2.57. The van der Waals surface area contributed by atoms with Crippen molar-refractivity contribution >= 4 is 34.9 Å². The van der Waals surface area contributed by atoms with Crippen LogP contribution in [0.5, 0.6) is 0 Å². The van der Waals surface area contributed by atoms with E-state index in [0.29, 0.717) is 23.6 Å². The van der Waals surface area contributed by atoms with Crippen molar-refractivity contribution in [1.82, 2.24) is 15.3 Å². The Hall–Kier alpha value is -1.89. The van der Waals surface area contributed by atoms with Crippen LogP contribution in [0.2, 0.25) is 0 Å². The van der Waals surface area contributed by atoms with E-state index in [9.17, 15) is 0 Å². The van der Waals surface area contributed by atoms with Gasteiger partial charge in [-0.05, 0) is 57.7 Å². The molecule has 3 heterocycles. The molecule has 3 rings (SSSR count). The quantitative estimate of drug-likeness (QED) is 0.606. The summed E-state index contributed by atoms with van der Waals surface area (Å²) in [7, 11) is 0. The molecule has 0 saturated carbocycles. The molecular formula is C19H30N6S. The van der Waals surface area contributed by atoms with E-state index < -0.39 is 0 Å². The molecule has 0 amide bonds. The second-order valence-electron chi connectivity index (χ2n) is 7.12.